The number of unbranched alkanes of at least 4 members (excludes halogenated alkanes) is 1. The van der Waals surface area contributed by atoms with Crippen LogP contribution in [-0.2, 0) is 42.8 Å². The number of carbonyl (C=O) groups excluding carboxylic acids is 2. The first-order chi connectivity index (χ1) is 19.5. The predicted octanol–water partition coefficient (Wildman–Crippen LogP) is 0.00487. The third-order valence-corrected chi connectivity index (χ3v) is 4.65. The van der Waals surface area contributed by atoms with Gasteiger partial charge in [0.05, 0.1) is 78.6 Å². The summed E-state index contributed by atoms with van der Waals surface area (Å²) in [6.45, 7) is 3.63. The zero-order chi connectivity index (χ0) is 29.5. The number of aliphatic carboxylic acids is 1. The number of hydrogen-bond donors (Lipinski definition) is 4. The topological polar surface area (TPSA) is 236 Å². The first-order valence-corrected chi connectivity index (χ1v) is 12.9. The Hall–Kier alpha value is -3.14. The van der Waals surface area contributed by atoms with Crippen LogP contribution < -0.4 is 10.6 Å². The van der Waals surface area contributed by atoms with Crippen molar-refractivity contribution >= 4 is 23.8 Å². The van der Waals surface area contributed by atoms with Crippen molar-refractivity contribution in [2.45, 2.75) is 25.3 Å². The Kier molecular flexibility index (Phi) is 26.6. The summed E-state index contributed by atoms with van der Waals surface area (Å²) >= 11 is 0. The molecule has 0 radical (unpaired) electrons. The van der Waals surface area contributed by atoms with Crippen molar-refractivity contribution in [2.75, 3.05) is 98.9 Å². The minimum Gasteiger partial charge on any atom is -0.480 e. The number of ether oxygens (including phenoxy) is 6. The van der Waals surface area contributed by atoms with Crippen molar-refractivity contribution in [1.29, 1.82) is 5.41 Å². The smallest absolute Gasteiger partial charge is 0.326 e. The normalized spacial score (nSPS) is 11.2. The molecule has 0 heterocycles. The van der Waals surface area contributed by atoms with Gasteiger partial charge in [-0.15, -0.1) is 0 Å². The Bertz CT molecular complexity index is 777. The zero-order valence-corrected chi connectivity index (χ0v) is 22.7. The van der Waals surface area contributed by atoms with Crippen molar-refractivity contribution in [3.8, 4) is 0 Å². The van der Waals surface area contributed by atoms with Crippen LogP contribution in [0.3, 0.4) is 0 Å². The van der Waals surface area contributed by atoms with Crippen LogP contribution in [0.15, 0.2) is 10.1 Å². The minimum absolute atomic E-state index is 0.125. The molecule has 17 heteroatoms. The van der Waals surface area contributed by atoms with E-state index >= 15 is 0 Å². The molecule has 0 aliphatic heterocycles. The third kappa shape index (κ3) is 26.5. The zero-order valence-electron chi connectivity index (χ0n) is 22.7. The molecule has 0 bridgehead atoms. The second-order valence-electron chi connectivity index (χ2n) is 7.81. The van der Waals surface area contributed by atoms with E-state index in [0.29, 0.717) is 72.2 Å². The molecule has 0 saturated heterocycles. The van der Waals surface area contributed by atoms with Gasteiger partial charge in [0, 0.05) is 18.0 Å². The lowest BCUT2D eigenvalue weighted by atomic mass is 10.1. The highest BCUT2D eigenvalue weighted by molar-refractivity contribution is 5.84. The highest BCUT2D eigenvalue weighted by atomic mass is 16.5. The van der Waals surface area contributed by atoms with Crippen LogP contribution in [0.25, 0.3) is 10.4 Å². The Morgan fingerprint density at radius 3 is 1.88 bits per heavy atom. The molecule has 4 N–H and O–H groups in total. The van der Waals surface area contributed by atoms with E-state index in [0.717, 1.165) is 0 Å². The summed E-state index contributed by atoms with van der Waals surface area (Å²) in [5, 5.41) is 24.4. The molecule has 0 aromatic heterocycles. The standard InChI is InChI=1S/C23H41N7O10/c24-19-26-5-7-35-9-11-37-14-16-40-18-22(32)29-20(23(33)34)3-1-2-4-27-21(31)17-39-15-13-38-12-10-36-8-6-28-30-25/h20,24H,1-18H2,(H,27,31)(H,29,32)(H,33,34). The molecule has 0 fully saturated rings. The number of nitrogens with one attached hydrogen (secondary N) is 3. The molecule has 1 unspecified atom stereocenters. The largest absolute Gasteiger partial charge is 0.480 e. The van der Waals surface area contributed by atoms with Crippen molar-refractivity contribution in [3.63, 3.8) is 0 Å². The van der Waals surface area contributed by atoms with Crippen LogP contribution in [-0.4, -0.2) is 134 Å². The van der Waals surface area contributed by atoms with Gasteiger partial charge in [-0.25, -0.2) is 15.2 Å². The predicted molar refractivity (Wildman–Crippen MR) is 140 cm³/mol. The number of amides is 2. The molecular formula is C23H41N7O10. The molecule has 0 spiro atoms. The van der Waals surface area contributed by atoms with Crippen LogP contribution in [0.2, 0.25) is 0 Å². The number of aliphatic imine (C=N–C) groups is 1. The third-order valence-electron chi connectivity index (χ3n) is 4.65. The monoisotopic (exact) mass is 575 g/mol. The first kappa shape index (κ1) is 36.9. The Morgan fingerprint density at radius 1 is 0.800 bits per heavy atom. The molecule has 0 aromatic carbocycles. The number of carboxylic acid groups (broad SMARTS) is 1. The van der Waals surface area contributed by atoms with E-state index in [4.69, 9.17) is 39.4 Å². The summed E-state index contributed by atoms with van der Waals surface area (Å²) in [4.78, 5) is 41.3. The molecule has 1 atom stereocenters. The summed E-state index contributed by atoms with van der Waals surface area (Å²) in [5.74, 6) is -2.00. The summed E-state index contributed by atoms with van der Waals surface area (Å²) in [6.07, 6.45) is 1.21. The second-order valence-corrected chi connectivity index (χ2v) is 7.81. The van der Waals surface area contributed by atoms with Gasteiger partial charge in [0.2, 0.25) is 11.8 Å². The lowest BCUT2D eigenvalue weighted by Crippen LogP contribution is -2.42. The molecule has 17 nitrogen and oxygen atoms in total. The molecule has 40 heavy (non-hydrogen) atoms. The van der Waals surface area contributed by atoms with Gasteiger partial charge in [0.15, 0.2) is 0 Å². The Balaban J connectivity index is 3.68. The maximum atomic E-state index is 12.0. The van der Waals surface area contributed by atoms with Gasteiger partial charge in [-0.1, -0.05) is 5.11 Å². The minimum atomic E-state index is -1.15. The Labute approximate surface area is 233 Å². The average Bonchev–Trinajstić information content (AvgIpc) is 2.93. The summed E-state index contributed by atoms with van der Waals surface area (Å²) in [5.41, 5.74) is 8.12. The lowest BCUT2D eigenvalue weighted by Gasteiger charge is -2.15. The van der Waals surface area contributed by atoms with E-state index in [1.807, 2.05) is 6.01 Å². The molecule has 2 amide bonds. The van der Waals surface area contributed by atoms with Crippen LogP contribution in [0.4, 0.5) is 0 Å². The van der Waals surface area contributed by atoms with Gasteiger partial charge in [-0.2, -0.15) is 0 Å². The molecule has 0 aromatic rings. The Morgan fingerprint density at radius 2 is 1.32 bits per heavy atom. The molecule has 0 aliphatic carbocycles. The SMILES string of the molecule is [N-]=[N+]=NCCOCCOCCOCC(=O)NCCCCC(NC(=O)COCCOCCOCCN=C=N)C(=O)O. The van der Waals surface area contributed by atoms with Crippen LogP contribution in [0.1, 0.15) is 19.3 Å². The summed E-state index contributed by atoms with van der Waals surface area (Å²) in [6, 6.07) is 0.849. The van der Waals surface area contributed by atoms with Gasteiger partial charge >= 0.3 is 5.97 Å². The highest BCUT2D eigenvalue weighted by Gasteiger charge is 2.19. The quantitative estimate of drug-likeness (QED) is 0.0306. The second kappa shape index (κ2) is 28.9. The van der Waals surface area contributed by atoms with E-state index < -0.39 is 17.9 Å². The number of rotatable bonds is 29. The maximum Gasteiger partial charge on any atom is 0.326 e. The molecule has 0 aliphatic rings. The lowest BCUT2D eigenvalue weighted by molar-refractivity contribution is -0.142. The van der Waals surface area contributed by atoms with Gasteiger partial charge in [-0.05, 0) is 24.8 Å². The van der Waals surface area contributed by atoms with E-state index in [1.165, 1.54) is 0 Å². The summed E-state index contributed by atoms with van der Waals surface area (Å²) < 4.78 is 31.3. The van der Waals surface area contributed by atoms with E-state index in [1.54, 1.807) is 0 Å². The first-order valence-electron chi connectivity index (χ1n) is 12.9. The van der Waals surface area contributed by atoms with Crippen molar-refractivity contribution < 1.29 is 47.9 Å². The van der Waals surface area contributed by atoms with Gasteiger partial charge in [-0.3, -0.25) is 9.59 Å². The molecule has 228 valence electrons. The van der Waals surface area contributed by atoms with Crippen LogP contribution in [0, 0.1) is 5.41 Å². The van der Waals surface area contributed by atoms with Crippen molar-refractivity contribution in [3.05, 3.63) is 10.4 Å². The highest BCUT2D eigenvalue weighted by Crippen LogP contribution is 2.01. The number of nitrogens with zero attached hydrogens (tertiary/aromatic N) is 4. The van der Waals surface area contributed by atoms with E-state index in [9.17, 15) is 19.5 Å². The summed E-state index contributed by atoms with van der Waals surface area (Å²) in [7, 11) is 0. The van der Waals surface area contributed by atoms with E-state index in [-0.39, 0.29) is 51.9 Å². The number of hydrogen-bond acceptors (Lipinski definition) is 12. The van der Waals surface area contributed by atoms with Gasteiger partial charge in [0.1, 0.15) is 19.3 Å². The molecule has 0 saturated carbocycles. The van der Waals surface area contributed by atoms with Crippen LogP contribution in [0.5, 0.6) is 0 Å². The average molecular weight is 576 g/mol. The molecule has 0 rings (SSSR count). The molecular weight excluding hydrogens is 534 g/mol. The van der Waals surface area contributed by atoms with Gasteiger partial charge in [0.25, 0.3) is 0 Å². The van der Waals surface area contributed by atoms with Crippen molar-refractivity contribution in [1.82, 2.24) is 10.6 Å². The fraction of sp³-hybridized carbons (Fsp3) is 0.826. The maximum absolute atomic E-state index is 12.0. The number of carbonyl (C=O) groups is 3. The fourth-order valence-electron chi connectivity index (χ4n) is 2.77. The number of azide groups is 1. The van der Waals surface area contributed by atoms with Crippen LogP contribution >= 0.6 is 0 Å². The van der Waals surface area contributed by atoms with E-state index in [2.05, 4.69) is 25.7 Å². The fourth-order valence-corrected chi connectivity index (χ4v) is 2.77. The van der Waals surface area contributed by atoms with Gasteiger partial charge < -0.3 is 44.2 Å². The van der Waals surface area contributed by atoms with Crippen molar-refractivity contribution in [2.24, 2.45) is 10.1 Å². The number of carboxylic acids is 1.